The Kier molecular flexibility index (Phi) is 12.0. The summed E-state index contributed by atoms with van der Waals surface area (Å²) in [4.78, 5) is 16.2. The zero-order valence-electron chi connectivity index (χ0n) is 16.7. The number of guanidine groups is 1. The molecule has 0 radical (unpaired) electrons. The maximum absolute atomic E-state index is 11.8. The molecule has 0 atom stereocenters. The van der Waals surface area contributed by atoms with Crippen molar-refractivity contribution in [3.63, 3.8) is 0 Å². The van der Waals surface area contributed by atoms with Crippen LogP contribution in [0.4, 0.5) is 0 Å². The molecule has 2 aromatic rings. The summed E-state index contributed by atoms with van der Waals surface area (Å²) in [6.45, 7) is 6.28. The second kappa shape index (κ2) is 14.0. The molecular formula is C22H31IN4O. The van der Waals surface area contributed by atoms with Crippen LogP contribution in [0.3, 0.4) is 0 Å². The highest BCUT2D eigenvalue weighted by Gasteiger charge is 2.14. The molecule has 0 spiro atoms. The number of nitrogens with zero attached hydrogens (tertiary/aromatic N) is 1. The second-order valence-corrected chi connectivity index (χ2v) is 6.30. The standard InChI is InChI=1S/C22H30N4O.HI/c1-3-15-24-21(27)17-26-22(23-4-2)25-16-20(18-11-7-5-8-12-18)19-13-9-6-10-14-19;/h5-14,20H,3-4,15-17H2,1-2H3,(H,24,27)(H2,23,25,26);1H. The molecule has 6 heteroatoms. The Morgan fingerprint density at radius 3 is 1.96 bits per heavy atom. The zero-order valence-corrected chi connectivity index (χ0v) is 19.0. The summed E-state index contributed by atoms with van der Waals surface area (Å²) in [5.74, 6) is 0.794. The maximum Gasteiger partial charge on any atom is 0.241 e. The number of halogens is 1. The van der Waals surface area contributed by atoms with Gasteiger partial charge < -0.3 is 16.0 Å². The van der Waals surface area contributed by atoms with Crippen molar-refractivity contribution in [2.24, 2.45) is 4.99 Å². The lowest BCUT2D eigenvalue weighted by atomic mass is 9.91. The van der Waals surface area contributed by atoms with E-state index in [4.69, 9.17) is 0 Å². The smallest absolute Gasteiger partial charge is 0.241 e. The van der Waals surface area contributed by atoms with Gasteiger partial charge in [-0.15, -0.1) is 24.0 Å². The lowest BCUT2D eigenvalue weighted by molar-refractivity contribution is -0.119. The molecule has 0 saturated heterocycles. The van der Waals surface area contributed by atoms with E-state index >= 15 is 0 Å². The fourth-order valence-electron chi connectivity index (χ4n) is 2.81. The number of nitrogens with one attached hydrogen (secondary N) is 3. The van der Waals surface area contributed by atoms with Crippen LogP contribution in [-0.2, 0) is 4.79 Å². The van der Waals surface area contributed by atoms with E-state index in [1.54, 1.807) is 0 Å². The van der Waals surface area contributed by atoms with Gasteiger partial charge in [-0.3, -0.25) is 4.79 Å². The number of hydrogen-bond donors (Lipinski definition) is 3. The number of benzene rings is 2. The number of hydrogen-bond acceptors (Lipinski definition) is 2. The van der Waals surface area contributed by atoms with E-state index in [0.717, 1.165) is 13.0 Å². The fourth-order valence-corrected chi connectivity index (χ4v) is 2.81. The van der Waals surface area contributed by atoms with Gasteiger partial charge in [-0.2, -0.15) is 0 Å². The molecule has 0 aliphatic carbocycles. The van der Waals surface area contributed by atoms with Gasteiger partial charge in [-0.1, -0.05) is 67.6 Å². The van der Waals surface area contributed by atoms with Crippen molar-refractivity contribution >= 4 is 35.8 Å². The van der Waals surface area contributed by atoms with Crippen molar-refractivity contribution in [3.8, 4) is 0 Å². The molecule has 0 fully saturated rings. The van der Waals surface area contributed by atoms with E-state index in [-0.39, 0.29) is 42.3 Å². The van der Waals surface area contributed by atoms with E-state index < -0.39 is 0 Å². The highest BCUT2D eigenvalue weighted by Crippen LogP contribution is 2.23. The summed E-state index contributed by atoms with van der Waals surface area (Å²) in [5.41, 5.74) is 2.49. The summed E-state index contributed by atoms with van der Waals surface area (Å²) in [7, 11) is 0. The van der Waals surface area contributed by atoms with Gasteiger partial charge in [-0.25, -0.2) is 4.99 Å². The van der Waals surface area contributed by atoms with Crippen LogP contribution in [0.15, 0.2) is 65.7 Å². The first-order chi connectivity index (χ1) is 13.2. The third-order valence-corrected chi connectivity index (χ3v) is 4.17. The number of amides is 1. The van der Waals surface area contributed by atoms with Crippen molar-refractivity contribution < 1.29 is 4.79 Å². The van der Waals surface area contributed by atoms with Gasteiger partial charge in [0.2, 0.25) is 5.91 Å². The molecule has 1 amide bonds. The van der Waals surface area contributed by atoms with Crippen molar-refractivity contribution in [1.82, 2.24) is 16.0 Å². The molecule has 5 nitrogen and oxygen atoms in total. The number of rotatable bonds is 9. The predicted octanol–water partition coefficient (Wildman–Crippen LogP) is 3.52. The topological polar surface area (TPSA) is 65.5 Å². The zero-order chi connectivity index (χ0) is 19.3. The highest BCUT2D eigenvalue weighted by molar-refractivity contribution is 14.0. The Bertz CT molecular complexity index is 667. The first-order valence-electron chi connectivity index (χ1n) is 9.63. The molecule has 28 heavy (non-hydrogen) atoms. The third-order valence-electron chi connectivity index (χ3n) is 4.17. The van der Waals surface area contributed by atoms with Gasteiger partial charge in [0.1, 0.15) is 6.54 Å². The van der Waals surface area contributed by atoms with Crippen LogP contribution >= 0.6 is 24.0 Å². The van der Waals surface area contributed by atoms with E-state index in [1.807, 2.05) is 26.0 Å². The second-order valence-electron chi connectivity index (χ2n) is 6.30. The van der Waals surface area contributed by atoms with Crippen LogP contribution in [-0.4, -0.2) is 38.0 Å². The summed E-state index contributed by atoms with van der Waals surface area (Å²) >= 11 is 0. The third kappa shape index (κ3) is 8.29. The van der Waals surface area contributed by atoms with Crippen LogP contribution in [0, 0.1) is 0 Å². The largest absolute Gasteiger partial charge is 0.357 e. The number of aliphatic imine (C=N–C) groups is 1. The number of carbonyl (C=O) groups is 1. The molecule has 0 bridgehead atoms. The molecule has 152 valence electrons. The molecule has 2 rings (SSSR count). The minimum Gasteiger partial charge on any atom is -0.357 e. The van der Waals surface area contributed by atoms with Crippen LogP contribution in [0.5, 0.6) is 0 Å². The highest BCUT2D eigenvalue weighted by atomic mass is 127. The average Bonchev–Trinajstić information content (AvgIpc) is 2.72. The van der Waals surface area contributed by atoms with Crippen molar-refractivity contribution in [2.45, 2.75) is 26.2 Å². The molecular weight excluding hydrogens is 463 g/mol. The average molecular weight is 494 g/mol. The minimum atomic E-state index is -0.0586. The predicted molar refractivity (Wildman–Crippen MR) is 127 cm³/mol. The Morgan fingerprint density at radius 1 is 0.893 bits per heavy atom. The summed E-state index contributed by atoms with van der Waals surface area (Å²) < 4.78 is 0. The molecule has 0 heterocycles. The van der Waals surface area contributed by atoms with Crippen molar-refractivity contribution in [2.75, 3.05) is 26.2 Å². The Balaban J connectivity index is 0.00000392. The van der Waals surface area contributed by atoms with Gasteiger partial charge >= 0.3 is 0 Å². The Hall–Kier alpha value is -2.09. The van der Waals surface area contributed by atoms with Gasteiger partial charge in [0, 0.05) is 25.6 Å². The normalized spacial score (nSPS) is 10.9. The molecule has 0 aromatic heterocycles. The van der Waals surface area contributed by atoms with Gasteiger partial charge in [0.15, 0.2) is 5.96 Å². The van der Waals surface area contributed by atoms with Gasteiger partial charge in [0.25, 0.3) is 0 Å². The molecule has 0 aliphatic rings. The molecule has 0 aliphatic heterocycles. The number of carbonyl (C=O) groups excluding carboxylic acids is 1. The van der Waals surface area contributed by atoms with Crippen LogP contribution in [0.25, 0.3) is 0 Å². The van der Waals surface area contributed by atoms with Crippen LogP contribution in [0.1, 0.15) is 37.3 Å². The Morgan fingerprint density at radius 2 is 1.46 bits per heavy atom. The maximum atomic E-state index is 11.8. The van der Waals surface area contributed by atoms with E-state index in [9.17, 15) is 4.79 Å². The van der Waals surface area contributed by atoms with Gasteiger partial charge in [0.05, 0.1) is 0 Å². The Labute approximate surface area is 185 Å². The molecule has 3 N–H and O–H groups in total. The van der Waals surface area contributed by atoms with Crippen molar-refractivity contribution in [3.05, 3.63) is 71.8 Å². The van der Waals surface area contributed by atoms with Gasteiger partial charge in [-0.05, 0) is 24.5 Å². The lowest BCUT2D eigenvalue weighted by Gasteiger charge is -2.20. The quantitative estimate of drug-likeness (QED) is 0.284. The molecule has 0 unspecified atom stereocenters. The fraction of sp³-hybridized carbons (Fsp3) is 0.364. The monoisotopic (exact) mass is 494 g/mol. The summed E-state index contributed by atoms with van der Waals surface area (Å²) in [6, 6.07) is 20.8. The van der Waals surface area contributed by atoms with Crippen LogP contribution in [0.2, 0.25) is 0 Å². The van der Waals surface area contributed by atoms with E-state index in [0.29, 0.717) is 19.0 Å². The molecule has 0 saturated carbocycles. The molecule has 2 aromatic carbocycles. The van der Waals surface area contributed by atoms with Crippen molar-refractivity contribution in [1.29, 1.82) is 0 Å². The summed E-state index contributed by atoms with van der Waals surface area (Å²) in [6.07, 6.45) is 0.920. The minimum absolute atomic E-state index is 0. The first kappa shape index (κ1) is 23.9. The SMILES string of the molecule is CCCNC(=O)CN=C(NCC)NCC(c1ccccc1)c1ccccc1.I. The van der Waals surface area contributed by atoms with E-state index in [1.165, 1.54) is 11.1 Å². The van der Waals surface area contributed by atoms with E-state index in [2.05, 4.69) is 69.5 Å². The summed E-state index contributed by atoms with van der Waals surface area (Å²) in [5, 5.41) is 9.44. The lowest BCUT2D eigenvalue weighted by Crippen LogP contribution is -2.40. The first-order valence-corrected chi connectivity index (χ1v) is 9.63. The van der Waals surface area contributed by atoms with Crippen LogP contribution < -0.4 is 16.0 Å².